The lowest BCUT2D eigenvalue weighted by atomic mass is 10.2. The number of nitrogens with zero attached hydrogens (tertiary/aromatic N) is 4. The van der Waals surface area contributed by atoms with E-state index < -0.39 is 0 Å². The third-order valence-corrected chi connectivity index (χ3v) is 4.09. The first-order valence-corrected chi connectivity index (χ1v) is 7.49. The monoisotopic (exact) mass is 321 g/mol. The van der Waals surface area contributed by atoms with Crippen molar-refractivity contribution in [1.82, 2.24) is 14.2 Å². The molecule has 2 aromatic heterocycles. The summed E-state index contributed by atoms with van der Waals surface area (Å²) in [5.74, 6) is 0. The van der Waals surface area contributed by atoms with E-state index in [0.717, 1.165) is 22.5 Å². The van der Waals surface area contributed by atoms with Gasteiger partial charge in [0.2, 0.25) is 0 Å². The maximum Gasteiger partial charge on any atom is 0.198 e. The van der Waals surface area contributed by atoms with Gasteiger partial charge < -0.3 is 9.55 Å². The second kappa shape index (κ2) is 6.07. The minimum absolute atomic E-state index is 0.522. The van der Waals surface area contributed by atoms with Crippen LogP contribution in [0.4, 0.5) is 0 Å². The molecule has 0 amide bonds. The zero-order chi connectivity index (χ0) is 16.4. The molecule has 0 aliphatic rings. The summed E-state index contributed by atoms with van der Waals surface area (Å²) >= 11 is 5.31. The Labute approximate surface area is 139 Å². The number of nitriles is 1. The minimum atomic E-state index is 0.522. The summed E-state index contributed by atoms with van der Waals surface area (Å²) in [6, 6.07) is 13.9. The van der Waals surface area contributed by atoms with Crippen LogP contribution < -0.4 is 0 Å². The second-order valence-corrected chi connectivity index (χ2v) is 5.56. The molecule has 0 fully saturated rings. The van der Waals surface area contributed by atoms with E-state index in [-0.39, 0.29) is 0 Å². The molecule has 0 bridgehead atoms. The van der Waals surface area contributed by atoms with Crippen LogP contribution in [0.5, 0.6) is 0 Å². The molecule has 0 spiro atoms. The summed E-state index contributed by atoms with van der Waals surface area (Å²) < 4.78 is 3.98. The molecule has 0 unspecified atom stereocenters. The van der Waals surface area contributed by atoms with Gasteiger partial charge in [0.05, 0.1) is 18.1 Å². The number of benzene rings is 1. The Morgan fingerprint density at radius 1 is 1.30 bits per heavy atom. The third-order valence-electron chi connectivity index (χ3n) is 3.80. The molecule has 1 N–H and O–H groups in total. The van der Waals surface area contributed by atoms with E-state index in [2.05, 4.69) is 16.2 Å². The molecule has 3 rings (SSSR count). The van der Waals surface area contributed by atoms with Gasteiger partial charge in [-0.15, -0.1) is 0 Å². The normalized spacial score (nSPS) is 11.0. The molecule has 0 aliphatic carbocycles. The molecular weight excluding hydrogens is 306 g/mol. The first kappa shape index (κ1) is 15.0. The number of nitrogens with one attached hydrogen (secondary N) is 1. The van der Waals surface area contributed by atoms with Gasteiger partial charge in [0, 0.05) is 18.3 Å². The minimum Gasteiger partial charge on any atom is -0.339 e. The van der Waals surface area contributed by atoms with Crippen molar-refractivity contribution in [3.05, 3.63) is 64.3 Å². The van der Waals surface area contributed by atoms with Crippen LogP contribution in [0.15, 0.2) is 47.7 Å². The smallest absolute Gasteiger partial charge is 0.198 e. The number of hydrogen-bond donors (Lipinski definition) is 1. The summed E-state index contributed by atoms with van der Waals surface area (Å²) in [4.78, 5) is 3.15. The number of hydrogen-bond acceptors (Lipinski definition) is 3. The van der Waals surface area contributed by atoms with Crippen LogP contribution in [-0.4, -0.2) is 20.4 Å². The van der Waals surface area contributed by atoms with Crippen molar-refractivity contribution in [2.45, 2.75) is 6.92 Å². The van der Waals surface area contributed by atoms with Gasteiger partial charge in [-0.1, -0.05) is 30.3 Å². The van der Waals surface area contributed by atoms with Gasteiger partial charge in [0.1, 0.15) is 11.8 Å². The summed E-state index contributed by atoms with van der Waals surface area (Å²) in [7, 11) is 1.86. The molecule has 23 heavy (non-hydrogen) atoms. The Bertz CT molecular complexity index is 967. The molecule has 3 aromatic rings. The van der Waals surface area contributed by atoms with E-state index >= 15 is 0 Å². The standard InChI is InChI=1S/C17H15N5S/c1-12-14(8-15(9-18)21(12)2)10-19-22-11-16(20-17(22)23)13-6-4-3-5-7-13/h3-8,10-11H,1-2H3,(H,20,23)/b19-10+. The lowest BCUT2D eigenvalue weighted by molar-refractivity contribution is 0.857. The summed E-state index contributed by atoms with van der Waals surface area (Å²) in [6.07, 6.45) is 3.58. The van der Waals surface area contributed by atoms with Crippen molar-refractivity contribution in [3.63, 3.8) is 0 Å². The first-order chi connectivity index (χ1) is 11.1. The topological polar surface area (TPSA) is 61.8 Å². The Balaban J connectivity index is 1.94. The molecule has 5 nitrogen and oxygen atoms in total. The molecule has 1 aromatic carbocycles. The quantitative estimate of drug-likeness (QED) is 0.591. The molecule has 0 radical (unpaired) electrons. The van der Waals surface area contributed by atoms with Gasteiger partial charge in [0.15, 0.2) is 4.77 Å². The molecule has 2 heterocycles. The SMILES string of the molecule is Cc1c(/C=N/n2cc(-c3ccccc3)[nH]c2=S)cc(C#N)n1C. The molecule has 0 atom stereocenters. The van der Waals surface area contributed by atoms with E-state index in [9.17, 15) is 0 Å². The molecule has 0 saturated carbocycles. The highest BCUT2D eigenvalue weighted by atomic mass is 32.1. The van der Waals surface area contributed by atoms with Crippen LogP contribution >= 0.6 is 12.2 Å². The summed E-state index contributed by atoms with van der Waals surface area (Å²) in [5.41, 5.74) is 4.45. The van der Waals surface area contributed by atoms with Crippen molar-refractivity contribution >= 4 is 18.4 Å². The van der Waals surface area contributed by atoms with Crippen molar-refractivity contribution < 1.29 is 0 Å². The van der Waals surface area contributed by atoms with Gasteiger partial charge >= 0.3 is 0 Å². The zero-order valence-corrected chi connectivity index (χ0v) is 13.6. The van der Waals surface area contributed by atoms with E-state index in [1.54, 1.807) is 10.9 Å². The lowest BCUT2D eigenvalue weighted by Gasteiger charge is -1.97. The van der Waals surface area contributed by atoms with Crippen LogP contribution in [0, 0.1) is 23.0 Å². The predicted octanol–water partition coefficient (Wildman–Crippen LogP) is 3.61. The highest BCUT2D eigenvalue weighted by Gasteiger charge is 2.07. The molecular formula is C17H15N5S. The zero-order valence-electron chi connectivity index (χ0n) is 12.8. The van der Waals surface area contributed by atoms with Crippen molar-refractivity contribution in [3.8, 4) is 17.3 Å². The van der Waals surface area contributed by atoms with Crippen LogP contribution in [0.1, 0.15) is 17.0 Å². The number of aromatic amines is 1. The molecule has 0 saturated heterocycles. The van der Waals surface area contributed by atoms with Crippen LogP contribution in [0.25, 0.3) is 11.3 Å². The van der Waals surface area contributed by atoms with Crippen molar-refractivity contribution in [2.75, 3.05) is 0 Å². The number of rotatable bonds is 3. The van der Waals surface area contributed by atoms with E-state index in [0.29, 0.717) is 10.5 Å². The Morgan fingerprint density at radius 2 is 2.04 bits per heavy atom. The van der Waals surface area contributed by atoms with Crippen LogP contribution in [0.2, 0.25) is 0 Å². The number of aromatic nitrogens is 3. The number of imidazole rings is 1. The van der Waals surface area contributed by atoms with E-state index in [1.165, 1.54) is 0 Å². The van der Waals surface area contributed by atoms with Gasteiger partial charge in [-0.25, -0.2) is 4.68 Å². The van der Waals surface area contributed by atoms with Crippen LogP contribution in [-0.2, 0) is 7.05 Å². The molecule has 0 aliphatic heterocycles. The second-order valence-electron chi connectivity index (χ2n) is 5.17. The van der Waals surface area contributed by atoms with Crippen molar-refractivity contribution in [2.24, 2.45) is 12.1 Å². The summed E-state index contributed by atoms with van der Waals surface area (Å²) in [5, 5.41) is 13.5. The predicted molar refractivity (Wildman–Crippen MR) is 92.9 cm³/mol. The Morgan fingerprint density at radius 3 is 2.70 bits per heavy atom. The maximum absolute atomic E-state index is 9.07. The van der Waals surface area contributed by atoms with E-state index in [4.69, 9.17) is 17.5 Å². The Hall–Kier alpha value is -2.91. The first-order valence-electron chi connectivity index (χ1n) is 7.08. The highest BCUT2D eigenvalue weighted by Crippen LogP contribution is 2.17. The fraction of sp³-hybridized carbons (Fsp3) is 0.118. The fourth-order valence-corrected chi connectivity index (χ4v) is 2.53. The largest absolute Gasteiger partial charge is 0.339 e. The molecule has 114 valence electrons. The van der Waals surface area contributed by atoms with Crippen molar-refractivity contribution in [1.29, 1.82) is 5.26 Å². The number of H-pyrrole nitrogens is 1. The van der Waals surface area contributed by atoms with E-state index in [1.807, 2.05) is 61.1 Å². The average molecular weight is 321 g/mol. The highest BCUT2D eigenvalue weighted by molar-refractivity contribution is 7.71. The van der Waals surface area contributed by atoms with Gasteiger partial charge in [-0.2, -0.15) is 10.4 Å². The summed E-state index contributed by atoms with van der Waals surface area (Å²) in [6.45, 7) is 1.95. The fourth-order valence-electron chi connectivity index (χ4n) is 2.32. The van der Waals surface area contributed by atoms with Crippen LogP contribution in [0.3, 0.4) is 0 Å². The molecule has 6 heteroatoms. The average Bonchev–Trinajstić information content (AvgIpc) is 3.08. The third kappa shape index (κ3) is 2.87. The van der Waals surface area contributed by atoms with Gasteiger partial charge in [0.25, 0.3) is 0 Å². The van der Waals surface area contributed by atoms with Gasteiger partial charge in [-0.3, -0.25) is 0 Å². The van der Waals surface area contributed by atoms with Gasteiger partial charge in [-0.05, 0) is 30.8 Å². The lowest BCUT2D eigenvalue weighted by Crippen LogP contribution is -1.95. The Kier molecular flexibility index (Phi) is 3.96. The maximum atomic E-state index is 9.07.